The molecule has 0 aromatic rings. The Kier molecular flexibility index (Phi) is 2.74. The predicted octanol–water partition coefficient (Wildman–Crippen LogP) is 1.07. The number of aliphatic hydroxyl groups is 2. The van der Waals surface area contributed by atoms with Crippen molar-refractivity contribution in [2.24, 2.45) is 5.11 Å². The number of nitrogens with zero attached hydrogens (tertiary/aromatic N) is 3. The highest BCUT2D eigenvalue weighted by atomic mass is 31.0. The van der Waals surface area contributed by atoms with Crippen molar-refractivity contribution in [2.75, 3.05) is 0 Å². The second-order valence-corrected chi connectivity index (χ2v) is 3.62. The minimum atomic E-state index is -1.52. The van der Waals surface area contributed by atoms with E-state index in [2.05, 4.69) is 19.3 Å². The molecule has 0 aromatic carbocycles. The van der Waals surface area contributed by atoms with Crippen molar-refractivity contribution in [3.05, 3.63) is 33.6 Å². The van der Waals surface area contributed by atoms with Crippen LogP contribution in [0.3, 0.4) is 0 Å². The van der Waals surface area contributed by atoms with Crippen LogP contribution in [-0.2, 0) is 0 Å². The Bertz CT molecular complexity index is 329. The Morgan fingerprint density at radius 2 is 2.31 bits per heavy atom. The maximum atomic E-state index is 9.77. The molecule has 5 nitrogen and oxygen atoms in total. The van der Waals surface area contributed by atoms with E-state index in [1.54, 1.807) is 6.08 Å². The SMILES string of the molecule is CC1(O)C(N=[N+]=[N-])=CC=C(P)C1O. The van der Waals surface area contributed by atoms with Crippen molar-refractivity contribution in [3.8, 4) is 0 Å². The van der Waals surface area contributed by atoms with Crippen LogP contribution in [0.5, 0.6) is 0 Å². The summed E-state index contributed by atoms with van der Waals surface area (Å²) in [6, 6.07) is 0. The molecule has 0 heterocycles. The molecule has 6 heteroatoms. The monoisotopic (exact) mass is 199 g/mol. The van der Waals surface area contributed by atoms with Crippen LogP contribution in [0.1, 0.15) is 6.92 Å². The summed E-state index contributed by atoms with van der Waals surface area (Å²) in [4.78, 5) is 2.56. The van der Waals surface area contributed by atoms with Gasteiger partial charge in [-0.3, -0.25) is 0 Å². The summed E-state index contributed by atoms with van der Waals surface area (Å²) in [7, 11) is 2.31. The van der Waals surface area contributed by atoms with Gasteiger partial charge in [0, 0.05) is 10.6 Å². The molecule has 0 bridgehead atoms. The zero-order chi connectivity index (χ0) is 10.1. The second-order valence-electron chi connectivity index (χ2n) is 2.96. The first-order chi connectivity index (χ1) is 6.00. The first kappa shape index (κ1) is 10.2. The van der Waals surface area contributed by atoms with E-state index >= 15 is 0 Å². The van der Waals surface area contributed by atoms with Crippen LogP contribution in [0, 0.1) is 0 Å². The molecule has 1 aliphatic carbocycles. The molecule has 0 aliphatic heterocycles. The van der Waals surface area contributed by atoms with Gasteiger partial charge in [0.25, 0.3) is 0 Å². The summed E-state index contributed by atoms with van der Waals surface area (Å²) in [6.07, 6.45) is 2.01. The lowest BCUT2D eigenvalue weighted by molar-refractivity contribution is -0.0131. The van der Waals surface area contributed by atoms with Crippen molar-refractivity contribution >= 4 is 9.24 Å². The Labute approximate surface area is 77.6 Å². The van der Waals surface area contributed by atoms with Crippen LogP contribution in [0.4, 0.5) is 0 Å². The van der Waals surface area contributed by atoms with Gasteiger partial charge >= 0.3 is 0 Å². The normalized spacial score (nSPS) is 33.1. The van der Waals surface area contributed by atoms with E-state index in [0.29, 0.717) is 5.31 Å². The maximum Gasteiger partial charge on any atom is 0.119 e. The molecule has 13 heavy (non-hydrogen) atoms. The Hall–Kier alpha value is -0.860. The van der Waals surface area contributed by atoms with Crippen LogP contribution in [0.2, 0.25) is 0 Å². The van der Waals surface area contributed by atoms with Crippen molar-refractivity contribution in [1.29, 1.82) is 0 Å². The summed E-state index contributed by atoms with van der Waals surface area (Å²) in [5, 5.41) is 23.2. The van der Waals surface area contributed by atoms with Gasteiger partial charge in [-0.25, -0.2) is 0 Å². The van der Waals surface area contributed by atoms with Gasteiger partial charge in [-0.15, -0.1) is 9.24 Å². The Morgan fingerprint density at radius 1 is 1.69 bits per heavy atom. The summed E-state index contributed by atoms with van der Waals surface area (Å²) in [5.41, 5.74) is 6.81. The summed E-state index contributed by atoms with van der Waals surface area (Å²) >= 11 is 0. The minimum Gasteiger partial charge on any atom is -0.385 e. The smallest absolute Gasteiger partial charge is 0.119 e. The topological polar surface area (TPSA) is 89.2 Å². The van der Waals surface area contributed by atoms with E-state index < -0.39 is 11.7 Å². The van der Waals surface area contributed by atoms with Crippen LogP contribution >= 0.6 is 9.24 Å². The molecular formula is C7H10N3O2P. The van der Waals surface area contributed by atoms with Crippen molar-refractivity contribution < 1.29 is 10.2 Å². The lowest BCUT2D eigenvalue weighted by atomic mass is 9.91. The fraction of sp³-hybridized carbons (Fsp3) is 0.429. The highest BCUT2D eigenvalue weighted by Crippen LogP contribution is 2.33. The van der Waals surface area contributed by atoms with Crippen molar-refractivity contribution in [3.63, 3.8) is 0 Å². The van der Waals surface area contributed by atoms with E-state index in [1.807, 2.05) is 0 Å². The highest BCUT2D eigenvalue weighted by Gasteiger charge is 2.36. The quantitative estimate of drug-likeness (QED) is 0.286. The third kappa shape index (κ3) is 1.74. The largest absolute Gasteiger partial charge is 0.385 e. The van der Waals surface area contributed by atoms with Gasteiger partial charge in [0.1, 0.15) is 11.7 Å². The zero-order valence-electron chi connectivity index (χ0n) is 7.05. The molecule has 2 N–H and O–H groups in total. The molecule has 0 aromatic heterocycles. The van der Waals surface area contributed by atoms with Crippen molar-refractivity contribution in [2.45, 2.75) is 18.6 Å². The molecule has 3 atom stereocenters. The fourth-order valence-corrected chi connectivity index (χ4v) is 1.50. The lowest BCUT2D eigenvalue weighted by Crippen LogP contribution is -2.42. The van der Waals surface area contributed by atoms with Gasteiger partial charge in [0.2, 0.25) is 0 Å². The molecule has 70 valence electrons. The van der Waals surface area contributed by atoms with E-state index in [1.165, 1.54) is 13.0 Å². The summed E-state index contributed by atoms with van der Waals surface area (Å²) in [6.45, 7) is 1.40. The molecule has 1 rings (SSSR count). The zero-order valence-corrected chi connectivity index (χ0v) is 8.20. The number of azide groups is 1. The number of rotatable bonds is 1. The maximum absolute atomic E-state index is 9.77. The number of allylic oxidation sites excluding steroid dienone is 2. The van der Waals surface area contributed by atoms with Gasteiger partial charge in [-0.2, -0.15) is 0 Å². The van der Waals surface area contributed by atoms with E-state index in [0.717, 1.165) is 0 Å². The third-order valence-corrected chi connectivity index (χ3v) is 2.46. The van der Waals surface area contributed by atoms with Gasteiger partial charge in [0.15, 0.2) is 0 Å². The molecule has 0 radical (unpaired) electrons. The van der Waals surface area contributed by atoms with Gasteiger partial charge < -0.3 is 10.2 Å². The lowest BCUT2D eigenvalue weighted by Gasteiger charge is -2.32. The standard InChI is InChI=1S/C7H10N3O2P/c1-7(12)5(9-10-8)3-2-4(13)6(7)11/h2-3,6,11-12H,13H2,1H3. The third-order valence-electron chi connectivity index (χ3n) is 1.95. The van der Waals surface area contributed by atoms with Crippen LogP contribution in [0.25, 0.3) is 10.4 Å². The second kappa shape index (κ2) is 3.48. The van der Waals surface area contributed by atoms with E-state index in [-0.39, 0.29) is 5.70 Å². The van der Waals surface area contributed by atoms with Crippen LogP contribution < -0.4 is 0 Å². The summed E-state index contributed by atoms with van der Waals surface area (Å²) < 4.78 is 0. The van der Waals surface area contributed by atoms with Crippen LogP contribution in [-0.4, -0.2) is 21.9 Å². The van der Waals surface area contributed by atoms with Crippen LogP contribution in [0.15, 0.2) is 28.3 Å². The molecule has 0 amide bonds. The number of aliphatic hydroxyl groups excluding tert-OH is 1. The average Bonchev–Trinajstić information content (AvgIpc) is 2.07. The Morgan fingerprint density at radius 3 is 2.85 bits per heavy atom. The first-order valence-corrected chi connectivity index (χ1v) is 4.21. The fourth-order valence-electron chi connectivity index (χ4n) is 1.08. The van der Waals surface area contributed by atoms with E-state index in [4.69, 9.17) is 5.53 Å². The predicted molar refractivity (Wildman–Crippen MR) is 51.7 cm³/mol. The molecule has 3 unspecified atom stereocenters. The molecule has 1 aliphatic rings. The molecule has 0 saturated heterocycles. The molecule has 0 fully saturated rings. The number of hydrogen-bond acceptors (Lipinski definition) is 3. The van der Waals surface area contributed by atoms with Gasteiger partial charge in [-0.05, 0) is 17.8 Å². The highest BCUT2D eigenvalue weighted by molar-refractivity contribution is 7.22. The van der Waals surface area contributed by atoms with E-state index in [9.17, 15) is 10.2 Å². The molecular weight excluding hydrogens is 189 g/mol. The summed E-state index contributed by atoms with van der Waals surface area (Å²) in [5.74, 6) is 0. The minimum absolute atomic E-state index is 0.119. The Balaban J connectivity index is 3.15. The van der Waals surface area contributed by atoms with Gasteiger partial charge in [-0.1, -0.05) is 17.3 Å². The number of hydrogen-bond donors (Lipinski definition) is 2. The van der Waals surface area contributed by atoms with Gasteiger partial charge in [0.05, 0.1) is 0 Å². The first-order valence-electron chi connectivity index (χ1n) is 3.63. The van der Waals surface area contributed by atoms with Crippen molar-refractivity contribution in [1.82, 2.24) is 0 Å². The molecule has 0 saturated carbocycles. The molecule has 0 spiro atoms. The average molecular weight is 199 g/mol.